The maximum Gasteiger partial charge on any atom is 0.491 e. The summed E-state index contributed by atoms with van der Waals surface area (Å²) in [5, 5.41) is 0. The van der Waals surface area contributed by atoms with Crippen molar-refractivity contribution in [2.24, 2.45) is 0 Å². The van der Waals surface area contributed by atoms with Gasteiger partial charge in [0.1, 0.15) is 6.33 Å². The predicted molar refractivity (Wildman–Crippen MR) is 38.8 cm³/mol. The standard InChI is InChI=1S/C4H6N3O4P/c8-12(9,10)11-7-4-1-2-5-3-6-4/h1-3H,(H,5,6,7)(H2,8,9,10). The Balaban J connectivity index is 2.50. The number of anilines is 1. The predicted octanol–water partition coefficient (Wildman–Crippen LogP) is -0.0872. The molecule has 66 valence electrons. The van der Waals surface area contributed by atoms with Crippen molar-refractivity contribution in [2.45, 2.75) is 0 Å². The lowest BCUT2D eigenvalue weighted by atomic mass is 10.6. The van der Waals surface area contributed by atoms with Crippen molar-refractivity contribution >= 4 is 13.6 Å². The minimum atomic E-state index is -4.50. The van der Waals surface area contributed by atoms with Gasteiger partial charge in [0.05, 0.1) is 0 Å². The van der Waals surface area contributed by atoms with Crippen LogP contribution in [0, 0.1) is 0 Å². The van der Waals surface area contributed by atoms with Crippen LogP contribution in [0.15, 0.2) is 18.6 Å². The minimum absolute atomic E-state index is 0.174. The Kier molecular flexibility index (Phi) is 2.72. The van der Waals surface area contributed by atoms with Crippen LogP contribution >= 0.6 is 7.82 Å². The Bertz CT molecular complexity index is 286. The molecule has 0 bridgehead atoms. The van der Waals surface area contributed by atoms with E-state index in [0.717, 1.165) is 0 Å². The van der Waals surface area contributed by atoms with Gasteiger partial charge in [0.15, 0.2) is 5.82 Å². The third-order valence-electron chi connectivity index (χ3n) is 0.851. The van der Waals surface area contributed by atoms with Crippen LogP contribution in [0.2, 0.25) is 0 Å². The number of phosphoric acid groups is 1. The number of rotatable bonds is 3. The third kappa shape index (κ3) is 3.40. The van der Waals surface area contributed by atoms with Crippen LogP contribution in [0.3, 0.4) is 0 Å². The normalized spacial score (nSPS) is 11.2. The number of hydrogen-bond donors (Lipinski definition) is 3. The lowest BCUT2D eigenvalue weighted by Gasteiger charge is -2.04. The van der Waals surface area contributed by atoms with Crippen molar-refractivity contribution < 1.29 is 19.0 Å². The summed E-state index contributed by atoms with van der Waals surface area (Å²) in [5.41, 5.74) is 1.97. The van der Waals surface area contributed by atoms with Crippen molar-refractivity contribution in [3.05, 3.63) is 18.6 Å². The first-order valence-electron chi connectivity index (χ1n) is 2.84. The largest absolute Gasteiger partial charge is 0.491 e. The van der Waals surface area contributed by atoms with Gasteiger partial charge in [0.2, 0.25) is 0 Å². The fourth-order valence-corrected chi connectivity index (χ4v) is 0.670. The van der Waals surface area contributed by atoms with Crippen LogP contribution in [0.5, 0.6) is 0 Å². The van der Waals surface area contributed by atoms with Gasteiger partial charge in [-0.3, -0.25) is 0 Å². The maximum atomic E-state index is 10.2. The fraction of sp³-hybridized carbons (Fsp3) is 0. The number of nitrogens with zero attached hydrogens (tertiary/aromatic N) is 2. The Morgan fingerprint density at radius 1 is 1.58 bits per heavy atom. The van der Waals surface area contributed by atoms with Gasteiger partial charge < -0.3 is 9.79 Å². The first-order chi connectivity index (χ1) is 5.58. The summed E-state index contributed by atoms with van der Waals surface area (Å²) in [7, 11) is -4.50. The molecule has 0 fully saturated rings. The van der Waals surface area contributed by atoms with E-state index in [-0.39, 0.29) is 5.82 Å². The lowest BCUT2D eigenvalue weighted by molar-refractivity contribution is 0.232. The Labute approximate surface area is 67.6 Å². The molecule has 0 aliphatic rings. The summed E-state index contributed by atoms with van der Waals surface area (Å²) in [6.45, 7) is 0. The van der Waals surface area contributed by atoms with E-state index in [4.69, 9.17) is 9.79 Å². The van der Waals surface area contributed by atoms with E-state index >= 15 is 0 Å². The molecule has 7 nitrogen and oxygen atoms in total. The molecule has 0 saturated carbocycles. The van der Waals surface area contributed by atoms with Gasteiger partial charge in [0, 0.05) is 12.3 Å². The SMILES string of the molecule is O=P(O)(O)ONc1ccncn1. The Morgan fingerprint density at radius 2 is 2.33 bits per heavy atom. The molecular weight excluding hydrogens is 185 g/mol. The highest BCUT2D eigenvalue weighted by Crippen LogP contribution is 2.35. The van der Waals surface area contributed by atoms with Crippen molar-refractivity contribution in [3.63, 3.8) is 0 Å². The summed E-state index contributed by atoms with van der Waals surface area (Å²) in [6, 6.07) is 1.40. The number of aromatic nitrogens is 2. The fourth-order valence-electron chi connectivity index (χ4n) is 0.457. The molecule has 8 heteroatoms. The molecule has 0 spiro atoms. The summed E-state index contributed by atoms with van der Waals surface area (Å²) >= 11 is 0. The van der Waals surface area contributed by atoms with E-state index in [2.05, 4.69) is 14.6 Å². The molecule has 0 radical (unpaired) electrons. The van der Waals surface area contributed by atoms with Crippen LogP contribution in [-0.2, 0) is 9.19 Å². The smallest absolute Gasteiger partial charge is 0.301 e. The van der Waals surface area contributed by atoms with Gasteiger partial charge in [-0.2, -0.15) is 4.62 Å². The zero-order chi connectivity index (χ0) is 9.03. The molecule has 1 aromatic rings. The van der Waals surface area contributed by atoms with E-state index in [0.29, 0.717) is 0 Å². The van der Waals surface area contributed by atoms with E-state index in [9.17, 15) is 4.57 Å². The van der Waals surface area contributed by atoms with Crippen LogP contribution in [-0.4, -0.2) is 19.8 Å². The Hall–Kier alpha value is -1.01. The zero-order valence-corrected chi connectivity index (χ0v) is 6.68. The van der Waals surface area contributed by atoms with Gasteiger partial charge in [-0.25, -0.2) is 20.0 Å². The quantitative estimate of drug-likeness (QED) is 0.453. The second kappa shape index (κ2) is 3.59. The van der Waals surface area contributed by atoms with Crippen molar-refractivity contribution in [1.82, 2.24) is 9.97 Å². The first kappa shape index (κ1) is 9.08. The van der Waals surface area contributed by atoms with Gasteiger partial charge in [0.25, 0.3) is 0 Å². The second-order valence-electron chi connectivity index (χ2n) is 1.78. The molecule has 1 heterocycles. The van der Waals surface area contributed by atoms with E-state index < -0.39 is 7.82 Å². The van der Waals surface area contributed by atoms with Gasteiger partial charge in [-0.1, -0.05) is 0 Å². The monoisotopic (exact) mass is 191 g/mol. The van der Waals surface area contributed by atoms with Crippen LogP contribution in [0.1, 0.15) is 0 Å². The van der Waals surface area contributed by atoms with Crippen LogP contribution in [0.25, 0.3) is 0 Å². The first-order valence-corrected chi connectivity index (χ1v) is 4.37. The second-order valence-corrected chi connectivity index (χ2v) is 2.94. The zero-order valence-electron chi connectivity index (χ0n) is 5.78. The molecule has 0 saturated heterocycles. The van der Waals surface area contributed by atoms with Crippen LogP contribution in [0.4, 0.5) is 5.82 Å². The Morgan fingerprint density at radius 3 is 2.83 bits per heavy atom. The molecule has 0 aliphatic carbocycles. The van der Waals surface area contributed by atoms with E-state index in [1.807, 2.05) is 5.48 Å². The van der Waals surface area contributed by atoms with Gasteiger partial charge >= 0.3 is 7.82 Å². The van der Waals surface area contributed by atoms with E-state index in [1.165, 1.54) is 18.6 Å². The third-order valence-corrected chi connectivity index (χ3v) is 1.18. The topological polar surface area (TPSA) is 105 Å². The summed E-state index contributed by atoms with van der Waals surface area (Å²) in [6.07, 6.45) is 2.61. The molecule has 3 N–H and O–H groups in total. The summed E-state index contributed by atoms with van der Waals surface area (Å²) < 4.78 is 14.1. The van der Waals surface area contributed by atoms with Crippen molar-refractivity contribution in [3.8, 4) is 0 Å². The number of nitrogens with one attached hydrogen (secondary N) is 1. The van der Waals surface area contributed by atoms with Gasteiger partial charge in [-0.15, -0.1) is 0 Å². The molecule has 1 rings (SSSR count). The molecule has 0 aromatic carbocycles. The minimum Gasteiger partial charge on any atom is -0.301 e. The van der Waals surface area contributed by atoms with E-state index in [1.54, 1.807) is 0 Å². The van der Waals surface area contributed by atoms with Gasteiger partial charge in [-0.05, 0) is 0 Å². The molecular formula is C4H6N3O4P. The highest BCUT2D eigenvalue weighted by atomic mass is 31.2. The van der Waals surface area contributed by atoms with Crippen LogP contribution < -0.4 is 5.48 Å². The molecule has 12 heavy (non-hydrogen) atoms. The highest BCUT2D eigenvalue weighted by molar-refractivity contribution is 7.46. The number of hydrogen-bond acceptors (Lipinski definition) is 5. The summed E-state index contributed by atoms with van der Waals surface area (Å²) in [4.78, 5) is 23.7. The summed E-state index contributed by atoms with van der Waals surface area (Å²) in [5.74, 6) is 0.174. The highest BCUT2D eigenvalue weighted by Gasteiger charge is 2.13. The average molecular weight is 191 g/mol. The molecule has 0 aliphatic heterocycles. The average Bonchev–Trinajstić information content (AvgIpc) is 2.02. The lowest BCUT2D eigenvalue weighted by Crippen LogP contribution is -2.00. The molecule has 0 atom stereocenters. The van der Waals surface area contributed by atoms with Crippen molar-refractivity contribution in [1.29, 1.82) is 0 Å². The molecule has 0 amide bonds. The molecule has 0 unspecified atom stereocenters. The van der Waals surface area contributed by atoms with Crippen molar-refractivity contribution in [2.75, 3.05) is 5.48 Å². The maximum absolute atomic E-state index is 10.2. The molecule has 1 aromatic heterocycles.